The molecule has 14 heteroatoms. The van der Waals surface area contributed by atoms with Crippen LogP contribution in [-0.2, 0) is 16.0 Å². The molecule has 12 nitrogen and oxygen atoms in total. The molecule has 0 radical (unpaired) electrons. The van der Waals surface area contributed by atoms with E-state index < -0.39 is 7.82 Å². The number of fused-ring (bicyclic) bond motifs is 1. The van der Waals surface area contributed by atoms with Gasteiger partial charge in [0.15, 0.2) is 11.2 Å². The number of imidazole rings is 1. The van der Waals surface area contributed by atoms with E-state index in [1.807, 2.05) is 0 Å². The van der Waals surface area contributed by atoms with Crippen molar-refractivity contribution in [3.8, 4) is 0 Å². The summed E-state index contributed by atoms with van der Waals surface area (Å²) >= 11 is 0. The van der Waals surface area contributed by atoms with Gasteiger partial charge in [-0.25, -0.2) is 9.55 Å². The van der Waals surface area contributed by atoms with E-state index in [1.54, 1.807) is 0 Å². The number of nitrogens with zero attached hydrogens (tertiary/aromatic N) is 3. The molecule has 0 aliphatic carbocycles. The molecule has 0 unspecified atom stereocenters. The zero-order valence-corrected chi connectivity index (χ0v) is 12.7. The van der Waals surface area contributed by atoms with Crippen LogP contribution in [0.2, 0.25) is 0 Å². The van der Waals surface area contributed by atoms with Gasteiger partial charge in [0, 0.05) is 0 Å². The molecule has 0 aliphatic heterocycles. The molecule has 0 aliphatic rings. The fourth-order valence-electron chi connectivity index (χ4n) is 1.29. The largest absolute Gasteiger partial charge is 0.466 e. The van der Waals surface area contributed by atoms with Gasteiger partial charge in [0.1, 0.15) is 6.73 Å². The molecule has 0 aromatic carbocycles. The highest BCUT2D eigenvalue weighted by Crippen LogP contribution is 2.25. The standard InChI is InChI=1S/C8H11N5O3.ClH.H3O4P/c9-8-11-6-5(7(15)12-8)10-3-13(6)4-16-2-1-14;;1-5(2,3)4/h3,14H,1-2,4H2,(H3,9,11,12,15);1H;(H3,1,2,3,4). The number of rotatable bonds is 4. The lowest BCUT2D eigenvalue weighted by Gasteiger charge is -2.03. The number of hydrogen-bond acceptors (Lipinski definition) is 7. The number of halogens is 1. The average Bonchev–Trinajstić information content (AvgIpc) is 2.71. The first-order valence-corrected chi connectivity index (χ1v) is 6.96. The maximum Gasteiger partial charge on any atom is 0.466 e. The van der Waals surface area contributed by atoms with Gasteiger partial charge in [-0.05, 0) is 0 Å². The van der Waals surface area contributed by atoms with Crippen molar-refractivity contribution in [2.75, 3.05) is 18.9 Å². The molecular weight excluding hydrogens is 345 g/mol. The Morgan fingerprint density at radius 3 is 2.55 bits per heavy atom. The van der Waals surface area contributed by atoms with Crippen LogP contribution in [0.1, 0.15) is 0 Å². The van der Waals surface area contributed by atoms with E-state index in [0.717, 1.165) is 0 Å². The number of ether oxygens (including phenoxy) is 1. The van der Waals surface area contributed by atoms with Gasteiger partial charge >= 0.3 is 7.82 Å². The molecule has 2 aromatic heterocycles. The van der Waals surface area contributed by atoms with Crippen molar-refractivity contribution in [1.82, 2.24) is 19.5 Å². The Hall–Kier alpha value is -1.53. The Morgan fingerprint density at radius 2 is 2.00 bits per heavy atom. The van der Waals surface area contributed by atoms with Gasteiger partial charge in [-0.3, -0.25) is 14.3 Å². The summed E-state index contributed by atoms with van der Waals surface area (Å²) in [5.41, 5.74) is 5.60. The van der Waals surface area contributed by atoms with Crippen LogP contribution < -0.4 is 11.3 Å². The Balaban J connectivity index is 0.000000644. The molecule has 22 heavy (non-hydrogen) atoms. The van der Waals surface area contributed by atoms with Crippen molar-refractivity contribution >= 4 is 37.3 Å². The minimum Gasteiger partial charge on any atom is -0.394 e. The van der Waals surface area contributed by atoms with Crippen molar-refractivity contribution in [3.63, 3.8) is 0 Å². The summed E-state index contributed by atoms with van der Waals surface area (Å²) in [7, 11) is -4.64. The number of H-pyrrole nitrogens is 1. The van der Waals surface area contributed by atoms with Crippen LogP contribution in [0.25, 0.3) is 11.2 Å². The summed E-state index contributed by atoms with van der Waals surface area (Å²) in [6, 6.07) is 0. The molecule has 126 valence electrons. The van der Waals surface area contributed by atoms with Crippen LogP contribution in [-0.4, -0.2) is 52.5 Å². The summed E-state index contributed by atoms with van der Waals surface area (Å²) in [6.45, 7) is 0.300. The van der Waals surface area contributed by atoms with Gasteiger partial charge in [-0.1, -0.05) is 0 Å². The minimum absolute atomic E-state index is 0. The van der Waals surface area contributed by atoms with E-state index in [4.69, 9.17) is 34.8 Å². The van der Waals surface area contributed by atoms with E-state index in [2.05, 4.69) is 15.0 Å². The number of phosphoric acid groups is 1. The second-order valence-corrected chi connectivity index (χ2v) is 4.64. The summed E-state index contributed by atoms with van der Waals surface area (Å²) in [4.78, 5) is 43.2. The number of nitrogens with two attached hydrogens (primary N) is 1. The van der Waals surface area contributed by atoms with Crippen LogP contribution in [0, 0.1) is 0 Å². The Labute approximate surface area is 129 Å². The number of aliphatic hydroxyl groups excluding tert-OH is 1. The predicted octanol–water partition coefficient (Wildman–Crippen LogP) is -1.84. The van der Waals surface area contributed by atoms with Crippen molar-refractivity contribution in [2.45, 2.75) is 6.73 Å². The fraction of sp³-hybridized carbons (Fsp3) is 0.375. The first kappa shape index (κ1) is 20.5. The van der Waals surface area contributed by atoms with Gasteiger partial charge < -0.3 is 30.3 Å². The molecule has 0 spiro atoms. The lowest BCUT2D eigenvalue weighted by Crippen LogP contribution is -2.13. The number of nitrogens with one attached hydrogen (secondary N) is 1. The molecule has 0 saturated heterocycles. The lowest BCUT2D eigenvalue weighted by molar-refractivity contribution is 0.0499. The van der Waals surface area contributed by atoms with E-state index in [0.29, 0.717) is 5.65 Å². The number of anilines is 1. The third-order valence-corrected chi connectivity index (χ3v) is 1.96. The Bertz CT molecular complexity index is 689. The number of hydrogen-bond donors (Lipinski definition) is 6. The smallest absolute Gasteiger partial charge is 0.394 e. The highest BCUT2D eigenvalue weighted by molar-refractivity contribution is 7.45. The molecule has 0 amide bonds. The van der Waals surface area contributed by atoms with Gasteiger partial charge in [0.25, 0.3) is 5.56 Å². The van der Waals surface area contributed by atoms with Crippen molar-refractivity contribution < 1.29 is 29.1 Å². The molecule has 0 atom stereocenters. The van der Waals surface area contributed by atoms with Crippen LogP contribution in [0.15, 0.2) is 11.1 Å². The normalized spacial score (nSPS) is 10.7. The quantitative estimate of drug-likeness (QED) is 0.266. The maximum absolute atomic E-state index is 11.4. The molecule has 7 N–H and O–H groups in total. The van der Waals surface area contributed by atoms with E-state index in [-0.39, 0.29) is 49.4 Å². The molecule has 2 aromatic rings. The third-order valence-electron chi connectivity index (χ3n) is 1.96. The Morgan fingerprint density at radius 1 is 1.41 bits per heavy atom. The number of aliphatic hydroxyl groups is 1. The molecule has 2 rings (SSSR count). The Kier molecular flexibility index (Phi) is 8.19. The highest BCUT2D eigenvalue weighted by atomic mass is 35.5. The van der Waals surface area contributed by atoms with Gasteiger partial charge in [0.2, 0.25) is 5.95 Å². The number of aromatic nitrogens is 4. The van der Waals surface area contributed by atoms with Crippen LogP contribution in [0.3, 0.4) is 0 Å². The molecule has 0 bridgehead atoms. The SMILES string of the molecule is Cl.Nc1nc2c(ncn2COCCO)c(=O)[nH]1.O=P(O)(O)O. The number of aromatic amines is 1. The van der Waals surface area contributed by atoms with Crippen LogP contribution in [0.4, 0.5) is 5.95 Å². The first-order valence-electron chi connectivity index (χ1n) is 5.40. The van der Waals surface area contributed by atoms with Gasteiger partial charge in [-0.15, -0.1) is 12.4 Å². The van der Waals surface area contributed by atoms with Gasteiger partial charge in [0.05, 0.1) is 19.5 Å². The summed E-state index contributed by atoms with van der Waals surface area (Å²) < 4.78 is 15.5. The van der Waals surface area contributed by atoms with Crippen molar-refractivity contribution in [2.24, 2.45) is 0 Å². The second kappa shape index (κ2) is 8.80. The van der Waals surface area contributed by atoms with Crippen molar-refractivity contribution in [3.05, 3.63) is 16.7 Å². The second-order valence-electron chi connectivity index (χ2n) is 3.61. The molecular formula is C8H15ClN5O7P. The van der Waals surface area contributed by atoms with Gasteiger partial charge in [-0.2, -0.15) is 4.98 Å². The average molecular weight is 360 g/mol. The third kappa shape index (κ3) is 6.95. The fourth-order valence-corrected chi connectivity index (χ4v) is 1.29. The van der Waals surface area contributed by atoms with E-state index in [1.165, 1.54) is 10.9 Å². The molecule has 0 saturated carbocycles. The zero-order chi connectivity index (χ0) is 16.0. The molecule has 2 heterocycles. The van der Waals surface area contributed by atoms with E-state index >= 15 is 0 Å². The lowest BCUT2D eigenvalue weighted by atomic mass is 10.5. The summed E-state index contributed by atoms with van der Waals surface area (Å²) in [6.07, 6.45) is 1.43. The van der Waals surface area contributed by atoms with Crippen molar-refractivity contribution in [1.29, 1.82) is 0 Å². The van der Waals surface area contributed by atoms with Crippen LogP contribution in [0.5, 0.6) is 0 Å². The summed E-state index contributed by atoms with van der Waals surface area (Å²) in [5.74, 6) is 0.0291. The minimum atomic E-state index is -4.64. The predicted molar refractivity (Wildman–Crippen MR) is 77.1 cm³/mol. The molecule has 0 fully saturated rings. The highest BCUT2D eigenvalue weighted by Gasteiger charge is 2.08. The van der Waals surface area contributed by atoms with E-state index in [9.17, 15) is 4.79 Å². The topological polar surface area (TPSA) is 197 Å². The first-order chi connectivity index (χ1) is 9.72. The summed E-state index contributed by atoms with van der Waals surface area (Å²) in [5, 5.41) is 8.56. The van der Waals surface area contributed by atoms with Crippen LogP contribution >= 0.6 is 20.2 Å². The number of nitrogen functional groups attached to an aromatic ring is 1. The monoisotopic (exact) mass is 359 g/mol. The maximum atomic E-state index is 11.4. The zero-order valence-electron chi connectivity index (χ0n) is 11.0.